The summed E-state index contributed by atoms with van der Waals surface area (Å²) in [4.78, 5) is 2.47. The number of anilines is 1. The van der Waals surface area contributed by atoms with Gasteiger partial charge in [0.2, 0.25) is 0 Å². The third-order valence-corrected chi connectivity index (χ3v) is 7.05. The van der Waals surface area contributed by atoms with Gasteiger partial charge in [-0.1, -0.05) is 43.3 Å². The summed E-state index contributed by atoms with van der Waals surface area (Å²) < 4.78 is 5.61. The van der Waals surface area contributed by atoms with E-state index in [0.717, 1.165) is 57.6 Å². The average Bonchev–Trinajstić information content (AvgIpc) is 2.87. The summed E-state index contributed by atoms with van der Waals surface area (Å²) in [6.45, 7) is 8.22. The van der Waals surface area contributed by atoms with Crippen molar-refractivity contribution in [2.45, 2.75) is 52.0 Å². The standard InChI is InChI=1S/C30H38N2O2/c1-4-31-17-16-22-6-8-23(9-7-22)21-32(5-2)30-20-28(34-3)14-15-29(30)26-11-10-25-19-27(33)13-12-24(25)18-26/h6-9,12-15,19-20,26,31,33H,4-5,10-11,16-18,21H2,1-3H3/t26-/m0/s1. The quantitative estimate of drug-likeness (QED) is 0.374. The number of methoxy groups -OCH3 is 1. The van der Waals surface area contributed by atoms with Crippen molar-refractivity contribution in [3.8, 4) is 11.5 Å². The normalized spacial score (nSPS) is 15.1. The van der Waals surface area contributed by atoms with Crippen LogP contribution in [0.5, 0.6) is 11.5 Å². The molecule has 3 aromatic rings. The van der Waals surface area contributed by atoms with Crippen molar-refractivity contribution >= 4 is 5.69 Å². The van der Waals surface area contributed by atoms with E-state index in [0.29, 0.717) is 11.7 Å². The third-order valence-electron chi connectivity index (χ3n) is 7.05. The minimum Gasteiger partial charge on any atom is -0.508 e. The van der Waals surface area contributed by atoms with Gasteiger partial charge in [-0.2, -0.15) is 0 Å². The maximum absolute atomic E-state index is 9.87. The molecule has 0 saturated heterocycles. The van der Waals surface area contributed by atoms with Crippen LogP contribution in [0.1, 0.15) is 54.0 Å². The van der Waals surface area contributed by atoms with E-state index in [1.54, 1.807) is 7.11 Å². The van der Waals surface area contributed by atoms with Crippen LogP contribution in [0.25, 0.3) is 0 Å². The Hall–Kier alpha value is -2.98. The fourth-order valence-corrected chi connectivity index (χ4v) is 5.08. The van der Waals surface area contributed by atoms with Crippen LogP contribution in [0.15, 0.2) is 60.7 Å². The van der Waals surface area contributed by atoms with E-state index in [1.807, 2.05) is 12.1 Å². The molecule has 4 nitrogen and oxygen atoms in total. The van der Waals surface area contributed by atoms with Crippen LogP contribution < -0.4 is 15.0 Å². The van der Waals surface area contributed by atoms with Gasteiger partial charge in [-0.15, -0.1) is 0 Å². The highest BCUT2D eigenvalue weighted by molar-refractivity contribution is 5.60. The molecule has 1 aliphatic rings. The molecule has 4 heteroatoms. The first-order chi connectivity index (χ1) is 16.6. The predicted molar refractivity (Wildman–Crippen MR) is 141 cm³/mol. The first-order valence-corrected chi connectivity index (χ1v) is 12.6. The van der Waals surface area contributed by atoms with E-state index >= 15 is 0 Å². The van der Waals surface area contributed by atoms with E-state index < -0.39 is 0 Å². The largest absolute Gasteiger partial charge is 0.508 e. The lowest BCUT2D eigenvalue weighted by molar-refractivity contribution is 0.414. The van der Waals surface area contributed by atoms with Gasteiger partial charge in [0.15, 0.2) is 0 Å². The van der Waals surface area contributed by atoms with Gasteiger partial charge in [-0.3, -0.25) is 0 Å². The fourth-order valence-electron chi connectivity index (χ4n) is 5.08. The Labute approximate surface area is 204 Å². The van der Waals surface area contributed by atoms with Crippen molar-refractivity contribution in [3.05, 3.63) is 88.5 Å². The number of ether oxygens (including phenoxy) is 1. The van der Waals surface area contributed by atoms with Gasteiger partial charge in [-0.25, -0.2) is 0 Å². The van der Waals surface area contributed by atoms with Crippen molar-refractivity contribution < 1.29 is 9.84 Å². The van der Waals surface area contributed by atoms with Crippen LogP contribution in [0.3, 0.4) is 0 Å². The number of nitrogens with one attached hydrogen (secondary N) is 1. The second-order valence-electron chi connectivity index (χ2n) is 9.25. The number of aromatic hydroxyl groups is 1. The van der Waals surface area contributed by atoms with Gasteiger partial charge in [0.25, 0.3) is 0 Å². The minimum atomic E-state index is 0.368. The summed E-state index contributed by atoms with van der Waals surface area (Å²) in [6.07, 6.45) is 4.16. The highest BCUT2D eigenvalue weighted by Crippen LogP contribution is 2.40. The lowest BCUT2D eigenvalue weighted by Gasteiger charge is -2.32. The van der Waals surface area contributed by atoms with Crippen LogP contribution >= 0.6 is 0 Å². The summed E-state index contributed by atoms with van der Waals surface area (Å²) in [7, 11) is 1.74. The van der Waals surface area contributed by atoms with Gasteiger partial charge >= 0.3 is 0 Å². The Balaban J connectivity index is 1.56. The highest BCUT2D eigenvalue weighted by Gasteiger charge is 2.24. The molecule has 0 aliphatic heterocycles. The number of hydrogen-bond donors (Lipinski definition) is 2. The smallest absolute Gasteiger partial charge is 0.120 e. The Bertz CT molecular complexity index is 1080. The average molecular weight is 459 g/mol. The lowest BCUT2D eigenvalue weighted by atomic mass is 9.79. The number of likely N-dealkylation sites (N-methyl/N-ethyl adjacent to an activating group) is 1. The molecule has 0 fully saturated rings. The van der Waals surface area contributed by atoms with E-state index in [2.05, 4.69) is 72.6 Å². The molecular formula is C30H38N2O2. The zero-order valence-electron chi connectivity index (χ0n) is 20.8. The molecule has 2 N–H and O–H groups in total. The van der Waals surface area contributed by atoms with Crippen LogP contribution in [-0.4, -0.2) is 31.9 Å². The van der Waals surface area contributed by atoms with Crippen LogP contribution in [0.2, 0.25) is 0 Å². The van der Waals surface area contributed by atoms with E-state index in [4.69, 9.17) is 4.74 Å². The maximum Gasteiger partial charge on any atom is 0.120 e. The number of phenolic OH excluding ortho intramolecular Hbond substituents is 1. The molecule has 0 unspecified atom stereocenters. The zero-order chi connectivity index (χ0) is 23.9. The van der Waals surface area contributed by atoms with Crippen molar-refractivity contribution in [1.82, 2.24) is 5.32 Å². The molecule has 0 saturated carbocycles. The zero-order valence-corrected chi connectivity index (χ0v) is 20.8. The summed E-state index contributed by atoms with van der Waals surface area (Å²) in [5.74, 6) is 1.73. The van der Waals surface area contributed by atoms with E-state index in [9.17, 15) is 5.11 Å². The molecule has 0 aromatic heterocycles. The number of nitrogens with zero attached hydrogens (tertiary/aromatic N) is 1. The summed E-state index contributed by atoms with van der Waals surface area (Å²) in [5, 5.41) is 13.3. The van der Waals surface area contributed by atoms with Gasteiger partial charge in [0.1, 0.15) is 11.5 Å². The molecule has 0 radical (unpaired) electrons. The maximum atomic E-state index is 9.87. The molecule has 0 spiro atoms. The van der Waals surface area contributed by atoms with Gasteiger partial charge in [0, 0.05) is 24.8 Å². The SMILES string of the molecule is CCNCCc1ccc(CN(CC)c2cc(OC)ccc2[C@H]2CCc3cc(O)ccc3C2)cc1. The topological polar surface area (TPSA) is 44.7 Å². The second kappa shape index (κ2) is 11.4. The van der Waals surface area contributed by atoms with Crippen molar-refractivity contribution in [2.75, 3.05) is 31.6 Å². The number of benzene rings is 3. The first-order valence-electron chi connectivity index (χ1n) is 12.6. The molecule has 34 heavy (non-hydrogen) atoms. The number of hydrogen-bond acceptors (Lipinski definition) is 4. The van der Waals surface area contributed by atoms with Crippen molar-refractivity contribution in [3.63, 3.8) is 0 Å². The third kappa shape index (κ3) is 5.74. The van der Waals surface area contributed by atoms with Crippen molar-refractivity contribution in [2.24, 2.45) is 0 Å². The van der Waals surface area contributed by atoms with Gasteiger partial charge < -0.3 is 20.1 Å². The summed E-state index contributed by atoms with van der Waals surface area (Å²) in [5.41, 5.74) is 8.00. The molecule has 3 aromatic carbocycles. The van der Waals surface area contributed by atoms with Crippen LogP contribution in [0.4, 0.5) is 5.69 Å². The molecular weight excluding hydrogens is 420 g/mol. The summed E-state index contributed by atoms with van der Waals surface area (Å²) >= 11 is 0. The molecule has 0 bridgehead atoms. The Morgan fingerprint density at radius 3 is 2.50 bits per heavy atom. The first kappa shape index (κ1) is 24.2. The van der Waals surface area contributed by atoms with Gasteiger partial charge in [0.05, 0.1) is 7.11 Å². The Kier molecular flexibility index (Phi) is 8.12. The lowest BCUT2D eigenvalue weighted by Crippen LogP contribution is -2.25. The predicted octanol–water partition coefficient (Wildman–Crippen LogP) is 5.85. The monoisotopic (exact) mass is 458 g/mol. The van der Waals surface area contributed by atoms with Crippen LogP contribution in [0, 0.1) is 0 Å². The van der Waals surface area contributed by atoms with E-state index in [-0.39, 0.29) is 0 Å². The molecule has 4 rings (SSSR count). The minimum absolute atomic E-state index is 0.368. The molecule has 0 amide bonds. The molecule has 1 aliphatic carbocycles. The number of fused-ring (bicyclic) bond motifs is 1. The summed E-state index contributed by atoms with van der Waals surface area (Å²) in [6, 6.07) is 21.5. The number of phenols is 1. The fraction of sp³-hybridized carbons (Fsp3) is 0.400. The van der Waals surface area contributed by atoms with E-state index in [1.165, 1.54) is 33.5 Å². The molecule has 180 valence electrons. The molecule has 1 atom stereocenters. The second-order valence-corrected chi connectivity index (χ2v) is 9.25. The van der Waals surface area contributed by atoms with Crippen LogP contribution in [-0.2, 0) is 25.8 Å². The van der Waals surface area contributed by atoms with Crippen molar-refractivity contribution in [1.29, 1.82) is 0 Å². The van der Waals surface area contributed by atoms with Gasteiger partial charge in [-0.05, 0) is 97.6 Å². The molecule has 0 heterocycles. The number of aryl methyl sites for hydroxylation is 1. The highest BCUT2D eigenvalue weighted by atomic mass is 16.5. The Morgan fingerprint density at radius 1 is 0.971 bits per heavy atom. The Morgan fingerprint density at radius 2 is 1.76 bits per heavy atom. The number of rotatable bonds is 10.